The van der Waals surface area contributed by atoms with Gasteiger partial charge in [0.2, 0.25) is 0 Å². The van der Waals surface area contributed by atoms with Crippen molar-refractivity contribution in [2.75, 3.05) is 0 Å². The van der Waals surface area contributed by atoms with Crippen molar-refractivity contribution in [1.29, 1.82) is 0 Å². The quantitative estimate of drug-likeness (QED) is 0.0372. The molecule has 0 saturated heterocycles. The number of benzene rings is 2. The van der Waals surface area contributed by atoms with E-state index in [1.54, 1.807) is 0 Å². The molecule has 0 N–H and O–H groups in total. The van der Waals surface area contributed by atoms with Gasteiger partial charge in [0.1, 0.15) is 0 Å². The molecule has 0 unspecified atom stereocenters. The third-order valence-electron chi connectivity index (χ3n) is 11.6. The second kappa shape index (κ2) is 39.8. The average molecular weight is 815 g/mol. The first-order valence-corrected chi connectivity index (χ1v) is 25.7. The molecule has 0 saturated carbocycles. The maximum atomic E-state index is 5.28. The fourth-order valence-corrected chi connectivity index (χ4v) is 7.66. The van der Waals surface area contributed by atoms with Crippen LogP contribution in [0, 0.1) is 23.7 Å². The molecule has 0 aliphatic rings. The Balaban J connectivity index is 2.00. The predicted molar refractivity (Wildman–Crippen MR) is 270 cm³/mol. The molecule has 0 radical (unpaired) electrons. The summed E-state index contributed by atoms with van der Waals surface area (Å²) in [6.45, 7) is 9.09. The number of hydrogen-bond acceptors (Lipinski definition) is 2. The van der Waals surface area contributed by atoms with E-state index in [4.69, 9.17) is 9.98 Å². The van der Waals surface area contributed by atoms with E-state index in [0.29, 0.717) is 0 Å². The number of allylic oxidation sites excluding steroid dienone is 2. The molecule has 2 aromatic rings. The molecule has 0 fully saturated rings. The Morgan fingerprint density at radius 3 is 1.17 bits per heavy atom. The lowest BCUT2D eigenvalue weighted by Gasteiger charge is -2.09. The molecular weight excluding hydrogens is 725 g/mol. The second-order valence-electron chi connectivity index (χ2n) is 17.4. The third kappa shape index (κ3) is 29.8. The molecule has 2 rings (SSSR count). The number of nitrogens with zero attached hydrogens (tertiary/aromatic N) is 2. The van der Waals surface area contributed by atoms with Gasteiger partial charge < -0.3 is 0 Å². The summed E-state index contributed by atoms with van der Waals surface area (Å²) < 4.78 is 0. The summed E-state index contributed by atoms with van der Waals surface area (Å²) in [5.74, 6) is 13.5. The van der Waals surface area contributed by atoms with Crippen LogP contribution in [0.1, 0.15) is 257 Å². The first-order valence-electron chi connectivity index (χ1n) is 25.7. The van der Waals surface area contributed by atoms with Crippen LogP contribution in [0.25, 0.3) is 0 Å². The zero-order valence-electron chi connectivity index (χ0n) is 39.7. The Labute approximate surface area is 372 Å². The van der Waals surface area contributed by atoms with E-state index in [0.717, 1.165) is 66.0 Å². The molecule has 0 amide bonds. The molecule has 0 aliphatic carbocycles. The molecule has 2 nitrogen and oxygen atoms in total. The van der Waals surface area contributed by atoms with Gasteiger partial charge in [0, 0.05) is 24.0 Å². The Bertz CT molecular complexity index is 1500. The van der Waals surface area contributed by atoms with E-state index in [1.165, 1.54) is 186 Å². The fourth-order valence-electron chi connectivity index (χ4n) is 7.66. The van der Waals surface area contributed by atoms with Crippen LogP contribution in [0.3, 0.4) is 0 Å². The van der Waals surface area contributed by atoms with Gasteiger partial charge in [-0.3, -0.25) is 4.99 Å². The van der Waals surface area contributed by atoms with Gasteiger partial charge in [-0.05, 0) is 93.1 Å². The van der Waals surface area contributed by atoms with Crippen molar-refractivity contribution in [3.8, 4) is 23.7 Å². The predicted octanol–water partition coefficient (Wildman–Crippen LogP) is 19.1. The Hall–Kier alpha value is -3.36. The summed E-state index contributed by atoms with van der Waals surface area (Å²) in [7, 11) is 0. The van der Waals surface area contributed by atoms with E-state index in [1.807, 2.05) is 0 Å². The maximum Gasteiger partial charge on any atom is 0.0848 e. The van der Waals surface area contributed by atoms with Crippen molar-refractivity contribution < 1.29 is 0 Å². The summed E-state index contributed by atoms with van der Waals surface area (Å²) in [4.78, 5) is 10.5. The summed E-state index contributed by atoms with van der Waals surface area (Å²) in [5.41, 5.74) is 6.13. The molecule has 0 heterocycles. The van der Waals surface area contributed by atoms with Crippen LogP contribution in [0.4, 0.5) is 11.4 Å². The van der Waals surface area contributed by atoms with Gasteiger partial charge in [-0.1, -0.05) is 224 Å². The SMILES string of the molecule is CCCCCCC#Cc1ccc(N=C(C=CCCCCCCCCCCCCCCCCCCCC)C(CCCCCC)=Nc2ccc(C#CCCCCCC)cc2)cc1. The van der Waals surface area contributed by atoms with Crippen molar-refractivity contribution in [3.63, 3.8) is 0 Å². The highest BCUT2D eigenvalue weighted by Crippen LogP contribution is 2.20. The minimum Gasteiger partial charge on any atom is -0.251 e. The number of unbranched alkanes of at least 4 members (excludes halogenated alkanes) is 29. The van der Waals surface area contributed by atoms with E-state index in [-0.39, 0.29) is 0 Å². The van der Waals surface area contributed by atoms with Crippen LogP contribution in [-0.4, -0.2) is 11.4 Å². The zero-order valence-corrected chi connectivity index (χ0v) is 39.7. The van der Waals surface area contributed by atoms with Crippen molar-refractivity contribution >= 4 is 22.8 Å². The standard InChI is InChI=1S/C58H90N2/c1-5-9-13-17-20-21-22-23-24-25-26-27-28-29-30-31-32-33-36-40-44-58(60-56-51-47-54(48-52-56)42-38-35-19-15-11-7-3)57(43-39-16-12-8-4)59-55-49-45-53(46-50-55)41-37-34-18-14-10-6-2/h40,44-52H,5-36,39,43H2,1-4H3. The normalized spacial score (nSPS) is 11.8. The molecule has 332 valence electrons. The minimum atomic E-state index is 0.920. The number of hydrogen-bond donors (Lipinski definition) is 0. The third-order valence-corrected chi connectivity index (χ3v) is 11.6. The van der Waals surface area contributed by atoms with Crippen molar-refractivity contribution in [3.05, 3.63) is 71.8 Å². The van der Waals surface area contributed by atoms with Gasteiger partial charge in [0.15, 0.2) is 0 Å². The lowest BCUT2D eigenvalue weighted by Crippen LogP contribution is -2.12. The van der Waals surface area contributed by atoms with Crippen LogP contribution < -0.4 is 0 Å². The summed E-state index contributed by atoms with van der Waals surface area (Å²) >= 11 is 0. The van der Waals surface area contributed by atoms with Gasteiger partial charge in [0.05, 0.1) is 22.8 Å². The molecule has 0 aliphatic heterocycles. The second-order valence-corrected chi connectivity index (χ2v) is 17.4. The Morgan fingerprint density at radius 2 is 0.750 bits per heavy atom. The van der Waals surface area contributed by atoms with E-state index >= 15 is 0 Å². The van der Waals surface area contributed by atoms with Crippen molar-refractivity contribution in [1.82, 2.24) is 0 Å². The monoisotopic (exact) mass is 815 g/mol. The molecule has 0 atom stereocenters. The summed E-state index contributed by atoms with van der Waals surface area (Å²) in [6.07, 6.45) is 48.7. The maximum absolute atomic E-state index is 5.28. The molecule has 2 aromatic carbocycles. The molecule has 60 heavy (non-hydrogen) atoms. The van der Waals surface area contributed by atoms with Crippen molar-refractivity contribution in [2.45, 2.75) is 246 Å². The molecule has 0 bridgehead atoms. The zero-order chi connectivity index (χ0) is 42.8. The molecule has 2 heteroatoms. The largest absolute Gasteiger partial charge is 0.251 e. The van der Waals surface area contributed by atoms with Gasteiger partial charge in [-0.25, -0.2) is 4.99 Å². The summed E-state index contributed by atoms with van der Waals surface area (Å²) in [6, 6.07) is 17.0. The highest BCUT2D eigenvalue weighted by atomic mass is 14.8. The first-order chi connectivity index (χ1) is 29.7. The van der Waals surface area contributed by atoms with Gasteiger partial charge in [0.25, 0.3) is 0 Å². The summed E-state index contributed by atoms with van der Waals surface area (Å²) in [5, 5.41) is 0. The lowest BCUT2D eigenvalue weighted by molar-refractivity contribution is 0.525. The smallest absolute Gasteiger partial charge is 0.0848 e. The number of rotatable bonds is 36. The highest BCUT2D eigenvalue weighted by molar-refractivity contribution is 6.47. The fraction of sp³-hybridized carbons (Fsp3) is 0.655. The van der Waals surface area contributed by atoms with Gasteiger partial charge in [-0.2, -0.15) is 0 Å². The topological polar surface area (TPSA) is 24.7 Å². The van der Waals surface area contributed by atoms with Crippen LogP contribution >= 0.6 is 0 Å². The number of aliphatic imine (C=N–C) groups is 2. The lowest BCUT2D eigenvalue weighted by atomic mass is 10.0. The molecule has 0 spiro atoms. The van der Waals surface area contributed by atoms with Gasteiger partial charge >= 0.3 is 0 Å². The van der Waals surface area contributed by atoms with Crippen LogP contribution in [0.2, 0.25) is 0 Å². The van der Waals surface area contributed by atoms with Crippen LogP contribution in [0.15, 0.2) is 70.7 Å². The minimum absolute atomic E-state index is 0.920. The van der Waals surface area contributed by atoms with Gasteiger partial charge in [-0.15, -0.1) is 0 Å². The molecule has 0 aromatic heterocycles. The van der Waals surface area contributed by atoms with E-state index in [9.17, 15) is 0 Å². The Morgan fingerprint density at radius 1 is 0.400 bits per heavy atom. The molecular formula is C58H90N2. The van der Waals surface area contributed by atoms with Crippen LogP contribution in [-0.2, 0) is 0 Å². The van der Waals surface area contributed by atoms with E-state index < -0.39 is 0 Å². The highest BCUT2D eigenvalue weighted by Gasteiger charge is 2.09. The average Bonchev–Trinajstić information content (AvgIpc) is 3.27. The van der Waals surface area contributed by atoms with E-state index in [2.05, 4.69) is 112 Å². The first kappa shape index (κ1) is 52.8. The Kier molecular flexibility index (Phi) is 35.0. The van der Waals surface area contributed by atoms with Crippen molar-refractivity contribution in [2.24, 2.45) is 9.98 Å². The van der Waals surface area contributed by atoms with Crippen LogP contribution in [0.5, 0.6) is 0 Å².